The van der Waals surface area contributed by atoms with Gasteiger partial charge in [0, 0.05) is 13.2 Å². The summed E-state index contributed by atoms with van der Waals surface area (Å²) in [5, 5.41) is 16.1. The summed E-state index contributed by atoms with van der Waals surface area (Å²) in [5.74, 6) is 1.16. The maximum absolute atomic E-state index is 9.23. The Bertz CT molecular complexity index is 740. The molecule has 4 rings (SSSR count). The van der Waals surface area contributed by atoms with E-state index in [1.54, 1.807) is 5.01 Å². The third-order valence-corrected chi connectivity index (χ3v) is 4.02. The van der Waals surface area contributed by atoms with Gasteiger partial charge in [-0.3, -0.25) is 0 Å². The van der Waals surface area contributed by atoms with Gasteiger partial charge in [-0.1, -0.05) is 0 Å². The van der Waals surface area contributed by atoms with E-state index in [0.29, 0.717) is 5.84 Å². The van der Waals surface area contributed by atoms with E-state index in [1.807, 2.05) is 17.8 Å². The zero-order chi connectivity index (χ0) is 14.6. The molecular formula is C13H16N6O2. The van der Waals surface area contributed by atoms with Crippen molar-refractivity contribution in [3.05, 3.63) is 18.2 Å². The van der Waals surface area contributed by atoms with E-state index in [9.17, 15) is 5.11 Å². The summed E-state index contributed by atoms with van der Waals surface area (Å²) in [4.78, 5) is 8.59. The average Bonchev–Trinajstić information content (AvgIpc) is 3.09. The monoisotopic (exact) mass is 288 g/mol. The number of nitrogens with zero attached hydrogens (tertiary/aromatic N) is 5. The lowest BCUT2D eigenvalue weighted by molar-refractivity contribution is -0.0222. The Morgan fingerprint density at radius 2 is 2.29 bits per heavy atom. The summed E-state index contributed by atoms with van der Waals surface area (Å²) in [6, 6.07) is 0. The van der Waals surface area contributed by atoms with Crippen molar-refractivity contribution in [2.75, 3.05) is 18.7 Å². The van der Waals surface area contributed by atoms with Gasteiger partial charge < -0.3 is 20.1 Å². The van der Waals surface area contributed by atoms with Crippen molar-refractivity contribution >= 4 is 22.6 Å². The summed E-state index contributed by atoms with van der Waals surface area (Å²) in [7, 11) is 1.81. The van der Waals surface area contributed by atoms with Crippen LogP contribution in [0.4, 0.5) is 5.82 Å². The van der Waals surface area contributed by atoms with Crippen LogP contribution in [0.5, 0.6) is 0 Å². The fourth-order valence-corrected chi connectivity index (χ4v) is 3.05. The predicted molar refractivity (Wildman–Crippen MR) is 76.9 cm³/mol. The molecule has 0 saturated carbocycles. The summed E-state index contributed by atoms with van der Waals surface area (Å²) >= 11 is 0. The van der Waals surface area contributed by atoms with E-state index in [1.165, 1.54) is 6.33 Å². The lowest BCUT2D eigenvalue weighted by Crippen LogP contribution is -2.29. The number of anilines is 1. The average molecular weight is 288 g/mol. The minimum Gasteiger partial charge on any atom is -0.394 e. The van der Waals surface area contributed by atoms with Gasteiger partial charge in [-0.2, -0.15) is 5.10 Å². The van der Waals surface area contributed by atoms with Gasteiger partial charge in [0.25, 0.3) is 0 Å². The highest BCUT2D eigenvalue weighted by atomic mass is 16.5. The third-order valence-electron chi connectivity index (χ3n) is 4.02. The molecule has 8 nitrogen and oxygen atoms in total. The van der Waals surface area contributed by atoms with Crippen molar-refractivity contribution in [1.82, 2.24) is 14.5 Å². The van der Waals surface area contributed by atoms with Crippen LogP contribution in [0, 0.1) is 0 Å². The van der Waals surface area contributed by atoms with Crippen molar-refractivity contribution < 1.29 is 9.84 Å². The zero-order valence-corrected chi connectivity index (χ0v) is 11.6. The Balaban J connectivity index is 1.89. The highest BCUT2D eigenvalue weighted by molar-refractivity contribution is 6.13. The second-order valence-corrected chi connectivity index (χ2v) is 5.32. The lowest BCUT2D eigenvalue weighted by Gasteiger charge is -2.22. The molecule has 1 saturated heterocycles. The normalized spacial score (nSPS) is 24.7. The van der Waals surface area contributed by atoms with Gasteiger partial charge in [-0.15, -0.1) is 0 Å². The van der Waals surface area contributed by atoms with Crippen LogP contribution in [-0.2, 0) is 4.74 Å². The van der Waals surface area contributed by atoms with Crippen LogP contribution in [0.2, 0.25) is 0 Å². The minimum atomic E-state index is -0.156. The molecule has 2 atom stereocenters. The van der Waals surface area contributed by atoms with Gasteiger partial charge in [0.2, 0.25) is 0 Å². The van der Waals surface area contributed by atoms with E-state index in [2.05, 4.69) is 15.1 Å². The molecule has 1 fully saturated rings. The second-order valence-electron chi connectivity index (χ2n) is 5.32. The van der Waals surface area contributed by atoms with Gasteiger partial charge in [0.05, 0.1) is 23.6 Å². The van der Waals surface area contributed by atoms with Crippen LogP contribution < -0.4 is 10.7 Å². The highest BCUT2D eigenvalue weighted by Gasteiger charge is 2.32. The SMILES string of the molecule is CN1N=C(N)c2c3c1ncnc3cn2[C@H]1CC[C@@H](CO)O1. The number of amidine groups is 1. The fourth-order valence-electron chi connectivity index (χ4n) is 3.05. The van der Waals surface area contributed by atoms with Crippen molar-refractivity contribution in [2.45, 2.75) is 25.2 Å². The van der Waals surface area contributed by atoms with Crippen LogP contribution in [0.25, 0.3) is 10.9 Å². The van der Waals surface area contributed by atoms with E-state index >= 15 is 0 Å². The molecule has 0 aliphatic carbocycles. The minimum absolute atomic E-state index is 0.0317. The van der Waals surface area contributed by atoms with E-state index in [-0.39, 0.29) is 18.9 Å². The molecule has 0 unspecified atom stereocenters. The Morgan fingerprint density at radius 3 is 3.05 bits per heavy atom. The molecule has 2 aliphatic rings. The predicted octanol–water partition coefficient (Wildman–Crippen LogP) is 0.171. The molecule has 2 aliphatic heterocycles. The van der Waals surface area contributed by atoms with Gasteiger partial charge in [0.15, 0.2) is 11.7 Å². The third kappa shape index (κ3) is 1.72. The Labute approximate surface area is 120 Å². The number of ether oxygens (including phenoxy) is 1. The Kier molecular flexibility index (Phi) is 2.63. The number of nitrogens with two attached hydrogens (primary N) is 1. The molecule has 0 amide bonds. The quantitative estimate of drug-likeness (QED) is 0.817. The number of hydrogen-bond donors (Lipinski definition) is 2. The molecule has 21 heavy (non-hydrogen) atoms. The number of aliphatic hydroxyl groups excluding tert-OH is 1. The van der Waals surface area contributed by atoms with Crippen LogP contribution in [0.1, 0.15) is 24.8 Å². The molecule has 2 aromatic heterocycles. The van der Waals surface area contributed by atoms with Gasteiger partial charge in [0.1, 0.15) is 18.2 Å². The Morgan fingerprint density at radius 1 is 1.43 bits per heavy atom. The number of aromatic nitrogens is 3. The van der Waals surface area contributed by atoms with Crippen molar-refractivity contribution in [3.8, 4) is 0 Å². The van der Waals surface area contributed by atoms with Gasteiger partial charge >= 0.3 is 0 Å². The molecule has 110 valence electrons. The highest BCUT2D eigenvalue weighted by Crippen LogP contribution is 2.36. The fraction of sp³-hybridized carbons (Fsp3) is 0.462. The summed E-state index contributed by atoms with van der Waals surface area (Å²) < 4.78 is 7.81. The van der Waals surface area contributed by atoms with E-state index < -0.39 is 0 Å². The van der Waals surface area contributed by atoms with E-state index in [4.69, 9.17) is 10.5 Å². The molecule has 8 heteroatoms. The molecular weight excluding hydrogens is 272 g/mol. The number of aliphatic hydroxyl groups is 1. The first-order valence-electron chi connectivity index (χ1n) is 6.89. The zero-order valence-electron chi connectivity index (χ0n) is 11.6. The maximum Gasteiger partial charge on any atom is 0.168 e. The topological polar surface area (TPSA) is 102 Å². The van der Waals surface area contributed by atoms with Crippen LogP contribution >= 0.6 is 0 Å². The molecule has 2 aromatic rings. The standard InChI is InChI=1S/C13H16N6O2/c1-18-13-10-8(15-6-16-13)4-19(11(10)12(14)17-18)9-3-2-7(5-20)21-9/h4,6-7,9,20H,2-3,5H2,1H3,(H2,14,17)/t7-,9+/m0/s1. The molecule has 0 spiro atoms. The first-order valence-corrected chi connectivity index (χ1v) is 6.89. The Hall–Kier alpha value is -2.19. The van der Waals surface area contributed by atoms with Crippen molar-refractivity contribution in [2.24, 2.45) is 10.8 Å². The maximum atomic E-state index is 9.23. The van der Waals surface area contributed by atoms with E-state index in [0.717, 1.165) is 35.3 Å². The summed E-state index contributed by atoms with van der Waals surface area (Å²) in [6.07, 6.45) is 4.81. The first-order chi connectivity index (χ1) is 10.2. The lowest BCUT2D eigenvalue weighted by atomic mass is 10.2. The van der Waals surface area contributed by atoms with Crippen LogP contribution in [-0.4, -0.2) is 45.2 Å². The van der Waals surface area contributed by atoms with Crippen LogP contribution in [0.3, 0.4) is 0 Å². The molecule has 3 N–H and O–H groups in total. The molecule has 0 aromatic carbocycles. The molecule has 0 radical (unpaired) electrons. The summed E-state index contributed by atoms with van der Waals surface area (Å²) in [5.41, 5.74) is 7.71. The van der Waals surface area contributed by atoms with Crippen molar-refractivity contribution in [1.29, 1.82) is 0 Å². The molecule has 0 bridgehead atoms. The first kappa shape index (κ1) is 12.5. The van der Waals surface area contributed by atoms with Crippen molar-refractivity contribution in [3.63, 3.8) is 0 Å². The number of rotatable bonds is 2. The van der Waals surface area contributed by atoms with Gasteiger partial charge in [-0.25, -0.2) is 15.0 Å². The summed E-state index contributed by atoms with van der Waals surface area (Å²) in [6.45, 7) is 0.0317. The smallest absolute Gasteiger partial charge is 0.168 e. The molecule has 4 heterocycles. The number of hydrogen-bond acceptors (Lipinski definition) is 7. The second kappa shape index (κ2) is 4.40. The largest absolute Gasteiger partial charge is 0.394 e. The number of hydrazone groups is 1. The van der Waals surface area contributed by atoms with Gasteiger partial charge in [-0.05, 0) is 12.8 Å². The van der Waals surface area contributed by atoms with Crippen LogP contribution in [0.15, 0.2) is 17.6 Å².